The SMILES string of the molecule is CN=C(NCCNS(=O)(=O)c1cccc([N+](=O)[O-])c1)NC1CN(C(C)C)CC1C. The first-order chi connectivity index (χ1) is 13.6. The molecular weight excluding hydrogens is 396 g/mol. The van der Waals surface area contributed by atoms with Crippen LogP contribution in [0, 0.1) is 16.0 Å². The molecule has 11 heteroatoms. The molecule has 2 atom stereocenters. The Balaban J connectivity index is 1.84. The van der Waals surface area contributed by atoms with Gasteiger partial charge in [-0.2, -0.15) is 0 Å². The fourth-order valence-corrected chi connectivity index (χ4v) is 4.27. The first-order valence-corrected chi connectivity index (χ1v) is 11.1. The van der Waals surface area contributed by atoms with Gasteiger partial charge in [0, 0.05) is 57.4 Å². The van der Waals surface area contributed by atoms with Gasteiger partial charge in [0.25, 0.3) is 5.69 Å². The topological polar surface area (TPSA) is 129 Å². The second kappa shape index (κ2) is 9.99. The van der Waals surface area contributed by atoms with Crippen molar-refractivity contribution in [1.29, 1.82) is 0 Å². The molecule has 1 fully saturated rings. The van der Waals surface area contributed by atoms with Crippen LogP contribution in [0.4, 0.5) is 5.69 Å². The van der Waals surface area contributed by atoms with Gasteiger partial charge >= 0.3 is 0 Å². The highest BCUT2D eigenvalue weighted by Gasteiger charge is 2.31. The summed E-state index contributed by atoms with van der Waals surface area (Å²) in [7, 11) is -2.16. The van der Waals surface area contributed by atoms with Crippen molar-refractivity contribution in [3.8, 4) is 0 Å². The van der Waals surface area contributed by atoms with Crippen molar-refractivity contribution in [3.63, 3.8) is 0 Å². The number of sulfonamides is 1. The Labute approximate surface area is 172 Å². The number of nitrogens with zero attached hydrogens (tertiary/aromatic N) is 3. The lowest BCUT2D eigenvalue weighted by atomic mass is 10.1. The van der Waals surface area contributed by atoms with E-state index in [9.17, 15) is 18.5 Å². The minimum atomic E-state index is -3.83. The van der Waals surface area contributed by atoms with Crippen molar-refractivity contribution in [2.24, 2.45) is 10.9 Å². The molecule has 1 aromatic carbocycles. The second-order valence-electron chi connectivity index (χ2n) is 7.43. The van der Waals surface area contributed by atoms with Gasteiger partial charge in [0.05, 0.1) is 9.82 Å². The molecule has 0 amide bonds. The number of likely N-dealkylation sites (tertiary alicyclic amines) is 1. The molecule has 1 heterocycles. The number of hydrogen-bond acceptors (Lipinski definition) is 6. The first kappa shape index (κ1) is 23.0. The fraction of sp³-hybridized carbons (Fsp3) is 0.611. The van der Waals surface area contributed by atoms with Crippen LogP contribution in [-0.4, -0.2) is 69.5 Å². The number of nitro groups is 1. The quantitative estimate of drug-likeness (QED) is 0.184. The van der Waals surface area contributed by atoms with Crippen molar-refractivity contribution in [1.82, 2.24) is 20.3 Å². The molecule has 10 nitrogen and oxygen atoms in total. The Kier molecular flexibility index (Phi) is 7.94. The molecule has 0 bridgehead atoms. The Bertz CT molecular complexity index is 843. The van der Waals surface area contributed by atoms with Crippen molar-refractivity contribution < 1.29 is 13.3 Å². The van der Waals surface area contributed by atoms with Crippen molar-refractivity contribution in [2.75, 3.05) is 33.2 Å². The van der Waals surface area contributed by atoms with E-state index in [0.29, 0.717) is 24.5 Å². The smallest absolute Gasteiger partial charge is 0.270 e. The summed E-state index contributed by atoms with van der Waals surface area (Å²) < 4.78 is 27.1. The summed E-state index contributed by atoms with van der Waals surface area (Å²) in [6.07, 6.45) is 0. The highest BCUT2D eigenvalue weighted by Crippen LogP contribution is 2.19. The molecular formula is C18H30N6O4S. The normalized spacial score (nSPS) is 20.8. The third-order valence-electron chi connectivity index (χ3n) is 4.96. The Morgan fingerprint density at radius 2 is 2.07 bits per heavy atom. The van der Waals surface area contributed by atoms with Crippen LogP contribution in [0.5, 0.6) is 0 Å². The number of nitro benzene ring substituents is 1. The van der Waals surface area contributed by atoms with E-state index in [1.54, 1.807) is 7.05 Å². The van der Waals surface area contributed by atoms with Gasteiger partial charge in [-0.3, -0.25) is 20.0 Å². The maximum Gasteiger partial charge on any atom is 0.270 e. The Morgan fingerprint density at radius 1 is 1.34 bits per heavy atom. The summed E-state index contributed by atoms with van der Waals surface area (Å²) in [6, 6.07) is 5.72. The van der Waals surface area contributed by atoms with Crippen LogP contribution < -0.4 is 15.4 Å². The number of rotatable bonds is 8. The molecule has 2 rings (SSSR count). The van der Waals surface area contributed by atoms with E-state index in [1.165, 1.54) is 18.2 Å². The molecule has 0 spiro atoms. The van der Waals surface area contributed by atoms with Crippen LogP contribution in [0.3, 0.4) is 0 Å². The first-order valence-electron chi connectivity index (χ1n) is 9.59. The molecule has 1 aromatic rings. The predicted octanol–water partition coefficient (Wildman–Crippen LogP) is 0.767. The molecule has 162 valence electrons. The molecule has 0 aliphatic carbocycles. The third-order valence-corrected chi connectivity index (χ3v) is 6.42. The monoisotopic (exact) mass is 426 g/mol. The summed E-state index contributed by atoms with van der Waals surface area (Å²) in [5, 5.41) is 17.3. The van der Waals surface area contributed by atoms with E-state index in [2.05, 4.69) is 46.0 Å². The van der Waals surface area contributed by atoms with Crippen molar-refractivity contribution in [2.45, 2.75) is 37.8 Å². The average Bonchev–Trinajstić information content (AvgIpc) is 3.05. The van der Waals surface area contributed by atoms with Gasteiger partial charge in [0.15, 0.2) is 5.96 Å². The molecule has 0 aromatic heterocycles. The lowest BCUT2D eigenvalue weighted by Gasteiger charge is -2.22. The van der Waals surface area contributed by atoms with Gasteiger partial charge in [0.2, 0.25) is 10.0 Å². The zero-order chi connectivity index (χ0) is 21.6. The predicted molar refractivity (Wildman–Crippen MR) is 112 cm³/mol. The molecule has 29 heavy (non-hydrogen) atoms. The molecule has 1 aliphatic heterocycles. The minimum absolute atomic E-state index is 0.115. The van der Waals surface area contributed by atoms with Crippen LogP contribution in [-0.2, 0) is 10.0 Å². The fourth-order valence-electron chi connectivity index (χ4n) is 3.20. The zero-order valence-corrected chi connectivity index (χ0v) is 18.1. The van der Waals surface area contributed by atoms with Crippen LogP contribution in [0.2, 0.25) is 0 Å². The maximum absolute atomic E-state index is 12.3. The van der Waals surface area contributed by atoms with Gasteiger partial charge in [0.1, 0.15) is 0 Å². The van der Waals surface area contributed by atoms with E-state index >= 15 is 0 Å². The van der Waals surface area contributed by atoms with Crippen LogP contribution >= 0.6 is 0 Å². The number of aliphatic imine (C=N–C) groups is 1. The van der Waals surface area contributed by atoms with E-state index in [4.69, 9.17) is 0 Å². The maximum atomic E-state index is 12.3. The van der Waals surface area contributed by atoms with E-state index < -0.39 is 14.9 Å². The van der Waals surface area contributed by atoms with E-state index in [-0.39, 0.29) is 23.2 Å². The van der Waals surface area contributed by atoms with Crippen molar-refractivity contribution in [3.05, 3.63) is 34.4 Å². The molecule has 0 radical (unpaired) electrons. The lowest BCUT2D eigenvalue weighted by Crippen LogP contribution is -2.48. The highest BCUT2D eigenvalue weighted by molar-refractivity contribution is 7.89. The Hall–Kier alpha value is -2.24. The number of benzene rings is 1. The van der Waals surface area contributed by atoms with Gasteiger partial charge in [-0.15, -0.1) is 0 Å². The second-order valence-corrected chi connectivity index (χ2v) is 9.19. The van der Waals surface area contributed by atoms with Gasteiger partial charge in [-0.05, 0) is 25.8 Å². The standard InChI is InChI=1S/C18H30N6O4S/c1-13(2)23-11-14(3)17(12-23)22-18(19-4)20-8-9-21-29(27,28)16-7-5-6-15(10-16)24(25)26/h5-7,10,13-14,17,21H,8-9,11-12H2,1-4H3,(H2,19,20,22). The summed E-state index contributed by atoms with van der Waals surface area (Å²) in [5.74, 6) is 1.09. The summed E-state index contributed by atoms with van der Waals surface area (Å²) in [6.45, 7) is 8.94. The van der Waals surface area contributed by atoms with E-state index in [1.807, 2.05) is 0 Å². The summed E-state index contributed by atoms with van der Waals surface area (Å²) >= 11 is 0. The Morgan fingerprint density at radius 3 is 2.66 bits per heavy atom. The summed E-state index contributed by atoms with van der Waals surface area (Å²) in [5.41, 5.74) is -0.267. The van der Waals surface area contributed by atoms with Gasteiger partial charge < -0.3 is 10.6 Å². The highest BCUT2D eigenvalue weighted by atomic mass is 32.2. The summed E-state index contributed by atoms with van der Waals surface area (Å²) in [4.78, 5) is 16.7. The minimum Gasteiger partial charge on any atom is -0.355 e. The van der Waals surface area contributed by atoms with Crippen LogP contribution in [0.15, 0.2) is 34.2 Å². The van der Waals surface area contributed by atoms with E-state index in [0.717, 1.165) is 19.2 Å². The molecule has 3 N–H and O–H groups in total. The van der Waals surface area contributed by atoms with Crippen molar-refractivity contribution >= 4 is 21.7 Å². The number of hydrogen-bond donors (Lipinski definition) is 3. The van der Waals surface area contributed by atoms with Crippen LogP contribution in [0.25, 0.3) is 0 Å². The number of guanidine groups is 1. The van der Waals surface area contributed by atoms with Gasteiger partial charge in [-0.25, -0.2) is 13.1 Å². The molecule has 1 saturated heterocycles. The average molecular weight is 427 g/mol. The molecule has 2 unspecified atom stereocenters. The molecule has 1 aliphatic rings. The third kappa shape index (κ3) is 6.38. The zero-order valence-electron chi connectivity index (χ0n) is 17.3. The lowest BCUT2D eigenvalue weighted by molar-refractivity contribution is -0.385. The van der Waals surface area contributed by atoms with Crippen LogP contribution in [0.1, 0.15) is 20.8 Å². The van der Waals surface area contributed by atoms with Gasteiger partial charge in [-0.1, -0.05) is 13.0 Å². The molecule has 0 saturated carbocycles. The number of non-ortho nitro benzene ring substituents is 1. The largest absolute Gasteiger partial charge is 0.355 e. The number of nitrogens with one attached hydrogen (secondary N) is 3.